The van der Waals surface area contributed by atoms with Gasteiger partial charge in [-0.15, -0.1) is 0 Å². The first-order valence-corrected chi connectivity index (χ1v) is 4.32. The maximum absolute atomic E-state index is 11.9. The summed E-state index contributed by atoms with van der Waals surface area (Å²) in [6.07, 6.45) is -1.57. The van der Waals surface area contributed by atoms with E-state index in [4.69, 9.17) is 0 Å². The molecule has 0 aliphatic rings. The second kappa shape index (κ2) is 9.01. The van der Waals surface area contributed by atoms with Gasteiger partial charge in [0, 0.05) is 18.4 Å². The van der Waals surface area contributed by atoms with Crippen molar-refractivity contribution in [3.05, 3.63) is 0 Å². The molecule has 0 aliphatic carbocycles. The van der Waals surface area contributed by atoms with Gasteiger partial charge in [0.2, 0.25) is 0 Å². The number of methoxy groups -OCH3 is 3. The van der Waals surface area contributed by atoms with E-state index in [1.807, 2.05) is 0 Å². The molecule has 0 N–H and O–H groups in total. The van der Waals surface area contributed by atoms with E-state index in [1.54, 1.807) is 0 Å². The summed E-state index contributed by atoms with van der Waals surface area (Å²) in [4.78, 5) is 33.1. The Morgan fingerprint density at radius 2 is 1.29 bits per heavy atom. The van der Waals surface area contributed by atoms with Crippen LogP contribution in [0.4, 0.5) is 0 Å². The van der Waals surface area contributed by atoms with Crippen LogP contribution in [0, 0.1) is 0 Å². The van der Waals surface area contributed by atoms with Crippen LogP contribution in [0.2, 0.25) is 0 Å². The zero-order chi connectivity index (χ0) is 12.8. The van der Waals surface area contributed by atoms with E-state index in [-0.39, 0.29) is 51.4 Å². The van der Waals surface area contributed by atoms with Crippen LogP contribution in [-0.2, 0) is 28.6 Å². The van der Waals surface area contributed by atoms with E-state index in [2.05, 4.69) is 14.2 Å². The summed E-state index contributed by atoms with van der Waals surface area (Å²) in [7, 11) is 3.12. The first kappa shape index (κ1) is 19.3. The molecule has 0 amide bonds. The van der Waals surface area contributed by atoms with Gasteiger partial charge in [-0.2, -0.15) is 0 Å². The molecule has 0 aromatic heterocycles. The molecule has 0 fully saturated rings. The Bertz CT molecular complexity index is 271. The minimum atomic E-state index is -2.51. The van der Waals surface area contributed by atoms with Gasteiger partial charge < -0.3 is 19.3 Å². The van der Waals surface area contributed by atoms with Crippen LogP contribution in [0.1, 0.15) is 12.8 Å². The first-order chi connectivity index (χ1) is 7.39. The van der Waals surface area contributed by atoms with Gasteiger partial charge in [-0.3, -0.25) is 14.4 Å². The van der Waals surface area contributed by atoms with Crippen LogP contribution in [0.15, 0.2) is 0 Å². The second-order valence-corrected chi connectivity index (χ2v) is 2.99. The second-order valence-electron chi connectivity index (χ2n) is 2.99. The molecule has 0 saturated heterocycles. The molecule has 0 aromatic rings. The van der Waals surface area contributed by atoms with Crippen LogP contribution in [0.5, 0.6) is 0 Å². The molecule has 0 rings (SSSR count). The number of esters is 3. The van der Waals surface area contributed by atoms with Gasteiger partial charge in [0.05, 0.1) is 21.3 Å². The van der Waals surface area contributed by atoms with Gasteiger partial charge in [-0.1, -0.05) is 0 Å². The zero-order valence-electron chi connectivity index (χ0n) is 10.3. The minimum Gasteiger partial charge on any atom is -0.840 e. The Morgan fingerprint density at radius 3 is 1.53 bits per heavy atom. The molecular weight excluding hydrogens is 259 g/mol. The van der Waals surface area contributed by atoms with Crippen molar-refractivity contribution in [2.45, 2.75) is 18.4 Å². The first-order valence-electron chi connectivity index (χ1n) is 4.32. The number of hydrogen-bond donors (Lipinski definition) is 0. The number of carbonyl (C=O) groups excluding carboxylic acids is 3. The third kappa shape index (κ3) is 6.48. The normalized spacial score (nSPS) is 9.88. The van der Waals surface area contributed by atoms with Crippen molar-refractivity contribution in [1.29, 1.82) is 0 Å². The van der Waals surface area contributed by atoms with Gasteiger partial charge in [0.25, 0.3) is 5.97 Å². The standard InChI is InChI=1S/C9H13O7.K/c1-14-6(10)4-9(13,8(12)16-3)5-7(11)15-2;/h4-5H2,1-3H3;/q-1;+1. The molecule has 17 heavy (non-hydrogen) atoms. The Balaban J connectivity index is 0. The molecule has 0 atom stereocenters. The fraction of sp³-hybridized carbons (Fsp3) is 0.667. The SMILES string of the molecule is COC(=O)CC([O-])(CC(=O)OC)C(=O)OC.[K+]. The largest absolute Gasteiger partial charge is 1.00 e. The van der Waals surface area contributed by atoms with Crippen molar-refractivity contribution in [1.82, 2.24) is 0 Å². The Kier molecular flexibility index (Phi) is 10.2. The number of carbonyl (C=O) groups is 3. The van der Waals surface area contributed by atoms with Crippen molar-refractivity contribution in [2.75, 3.05) is 21.3 Å². The number of ether oxygens (including phenoxy) is 3. The van der Waals surface area contributed by atoms with Crippen molar-refractivity contribution in [3.8, 4) is 0 Å². The van der Waals surface area contributed by atoms with Crippen LogP contribution < -0.4 is 56.5 Å². The molecule has 0 unspecified atom stereocenters. The fourth-order valence-electron chi connectivity index (χ4n) is 1.00. The summed E-state index contributed by atoms with van der Waals surface area (Å²) in [5.41, 5.74) is -2.51. The van der Waals surface area contributed by atoms with Gasteiger partial charge in [0.15, 0.2) is 0 Å². The molecule has 92 valence electrons. The topological polar surface area (TPSA) is 102 Å². The van der Waals surface area contributed by atoms with Crippen molar-refractivity contribution in [3.63, 3.8) is 0 Å². The average Bonchev–Trinajstić information content (AvgIpc) is 2.27. The summed E-state index contributed by atoms with van der Waals surface area (Å²) in [5.74, 6) is -3.00. The maximum Gasteiger partial charge on any atom is 1.00 e. The van der Waals surface area contributed by atoms with Gasteiger partial charge >= 0.3 is 63.3 Å². The molecule has 0 heterocycles. The number of rotatable bonds is 5. The van der Waals surface area contributed by atoms with E-state index in [9.17, 15) is 19.5 Å². The van der Waals surface area contributed by atoms with Gasteiger partial charge in [-0.25, -0.2) is 0 Å². The van der Waals surface area contributed by atoms with Crippen LogP contribution in [0.3, 0.4) is 0 Å². The number of hydrogen-bond acceptors (Lipinski definition) is 7. The summed E-state index contributed by atoms with van der Waals surface area (Å²) < 4.78 is 12.8. The van der Waals surface area contributed by atoms with Crippen LogP contribution >= 0.6 is 0 Å². The van der Waals surface area contributed by atoms with Crippen molar-refractivity contribution < 1.29 is 85.1 Å². The van der Waals surface area contributed by atoms with E-state index in [0.717, 1.165) is 21.3 Å². The molecule has 0 aliphatic heterocycles. The summed E-state index contributed by atoms with van der Waals surface area (Å²) >= 11 is 0. The third-order valence-corrected chi connectivity index (χ3v) is 1.87. The average molecular weight is 272 g/mol. The van der Waals surface area contributed by atoms with E-state index < -0.39 is 36.4 Å². The van der Waals surface area contributed by atoms with Crippen molar-refractivity contribution in [2.24, 2.45) is 0 Å². The predicted octanol–water partition coefficient (Wildman–Crippen LogP) is -4.61. The third-order valence-electron chi connectivity index (χ3n) is 1.87. The van der Waals surface area contributed by atoms with E-state index in [1.165, 1.54) is 0 Å². The molecule has 0 aromatic carbocycles. The monoisotopic (exact) mass is 272 g/mol. The predicted molar refractivity (Wildman–Crippen MR) is 48.0 cm³/mol. The minimum absolute atomic E-state index is 0. The summed E-state index contributed by atoms with van der Waals surface area (Å²) in [5, 5.41) is 11.9. The Morgan fingerprint density at radius 1 is 0.941 bits per heavy atom. The summed E-state index contributed by atoms with van der Waals surface area (Å²) in [6.45, 7) is 0. The fourth-order valence-corrected chi connectivity index (χ4v) is 1.00. The Hall–Kier alpha value is 0.00636. The Labute approximate surface area is 141 Å². The molecule has 0 bridgehead atoms. The van der Waals surface area contributed by atoms with E-state index in [0.29, 0.717) is 0 Å². The molecule has 8 heteroatoms. The summed E-state index contributed by atoms with van der Waals surface area (Å²) in [6, 6.07) is 0. The molecule has 0 spiro atoms. The molecule has 0 saturated carbocycles. The quantitative estimate of drug-likeness (QED) is 0.282. The van der Waals surface area contributed by atoms with Gasteiger partial charge in [-0.05, 0) is 0 Å². The van der Waals surface area contributed by atoms with Crippen molar-refractivity contribution >= 4 is 17.9 Å². The molecule has 7 nitrogen and oxygen atoms in total. The maximum atomic E-state index is 11.9. The molecule has 0 radical (unpaired) electrons. The van der Waals surface area contributed by atoms with Gasteiger partial charge in [0.1, 0.15) is 0 Å². The van der Waals surface area contributed by atoms with Crippen LogP contribution in [0.25, 0.3) is 0 Å². The zero-order valence-corrected chi connectivity index (χ0v) is 13.4. The van der Waals surface area contributed by atoms with Crippen LogP contribution in [-0.4, -0.2) is 44.8 Å². The smallest absolute Gasteiger partial charge is 0.840 e. The molecular formula is C9H13KO7. The van der Waals surface area contributed by atoms with E-state index >= 15 is 0 Å².